The number of ketones is 1. The third kappa shape index (κ3) is 3.37. The first-order valence-corrected chi connectivity index (χ1v) is 13.9. The minimum Gasteiger partial charge on any atom is -0.454 e. The van der Waals surface area contributed by atoms with E-state index in [1.807, 2.05) is 0 Å². The number of benzene rings is 1. The standard InChI is InChI=1S/C30H34O12/c1-13-18-20(34)22(35)28(5)16(32)11-17-29(12-38-17,41-14(2)31)21(28)24(39-25(36)15-9-7-6-8-10-15)30(27(18,3)4)23(19(13)33)40-26(37)42-30/h6-10,16-17,19-21,23-24,32-34H,11-12H2,1-5H3/t16-,17+,19+,20+,21-,23+,24-,28+,29-,30+/m0/s1. The maximum Gasteiger partial charge on any atom is 0.509 e. The summed E-state index contributed by atoms with van der Waals surface area (Å²) in [6.07, 6.45) is -10.2. The first kappa shape index (κ1) is 28.8. The average Bonchev–Trinajstić information content (AvgIpc) is 3.30. The Morgan fingerprint density at radius 2 is 1.71 bits per heavy atom. The van der Waals surface area contributed by atoms with Gasteiger partial charge in [0.2, 0.25) is 5.60 Å². The second-order valence-corrected chi connectivity index (χ2v) is 12.7. The Bertz CT molecular complexity index is 1400. The predicted octanol–water partition coefficient (Wildman–Crippen LogP) is 1.23. The SMILES string of the molecule is CC(=O)O[C@@]12CO[C@@H]1C[C@H](O)[C@@]1(C)C(=O)[C@H](O)C3=C(C)[C@@H](O)[C@H]4OC(=O)O[C@]4([C@@H](OC(=O)c4ccccc4)[C@H]21)C3(C)C. The average molecular weight is 587 g/mol. The van der Waals surface area contributed by atoms with Gasteiger partial charge in [0, 0.05) is 18.8 Å². The predicted molar refractivity (Wildman–Crippen MR) is 140 cm³/mol. The molecule has 1 spiro atoms. The number of carbonyl (C=O) groups excluding carboxylic acids is 4. The second-order valence-electron chi connectivity index (χ2n) is 12.7. The van der Waals surface area contributed by atoms with Crippen molar-refractivity contribution in [3.63, 3.8) is 0 Å². The molecule has 2 saturated carbocycles. The number of fused-ring (bicyclic) bond motifs is 4. The van der Waals surface area contributed by atoms with Crippen LogP contribution in [0.1, 0.15) is 51.4 Å². The molecule has 0 amide bonds. The van der Waals surface area contributed by atoms with Gasteiger partial charge in [-0.1, -0.05) is 32.0 Å². The number of hydrogen-bond acceptors (Lipinski definition) is 12. The summed E-state index contributed by atoms with van der Waals surface area (Å²) in [6, 6.07) is 7.97. The highest BCUT2D eigenvalue weighted by atomic mass is 16.8. The van der Waals surface area contributed by atoms with Crippen molar-refractivity contribution in [1.29, 1.82) is 0 Å². The van der Waals surface area contributed by atoms with Crippen molar-refractivity contribution in [3.05, 3.63) is 47.0 Å². The van der Waals surface area contributed by atoms with Gasteiger partial charge in [0.25, 0.3) is 0 Å². The highest BCUT2D eigenvalue weighted by molar-refractivity contribution is 5.94. The van der Waals surface area contributed by atoms with E-state index in [4.69, 9.17) is 23.7 Å². The zero-order valence-electron chi connectivity index (χ0n) is 23.9. The number of esters is 2. The Morgan fingerprint density at radius 3 is 2.31 bits per heavy atom. The quantitative estimate of drug-likeness (QED) is 0.263. The number of hydrogen-bond donors (Lipinski definition) is 3. The van der Waals surface area contributed by atoms with E-state index in [1.54, 1.807) is 32.0 Å². The molecular weight excluding hydrogens is 552 g/mol. The highest BCUT2D eigenvalue weighted by Crippen LogP contribution is 2.66. The lowest BCUT2D eigenvalue weighted by atomic mass is 9.44. The molecule has 2 saturated heterocycles. The molecule has 2 bridgehead atoms. The van der Waals surface area contributed by atoms with Gasteiger partial charge in [-0.25, -0.2) is 9.59 Å². The molecule has 5 aliphatic rings. The fourth-order valence-electron chi connectivity index (χ4n) is 8.40. The van der Waals surface area contributed by atoms with Crippen molar-refractivity contribution in [2.24, 2.45) is 16.7 Å². The van der Waals surface area contributed by atoms with Crippen LogP contribution in [-0.2, 0) is 33.3 Å². The van der Waals surface area contributed by atoms with Crippen LogP contribution in [0.4, 0.5) is 4.79 Å². The molecule has 3 N–H and O–H groups in total. The van der Waals surface area contributed by atoms with Crippen molar-refractivity contribution in [3.8, 4) is 0 Å². The third-order valence-corrected chi connectivity index (χ3v) is 10.4. The summed E-state index contributed by atoms with van der Waals surface area (Å²) in [6.45, 7) is 7.07. The molecule has 42 heavy (non-hydrogen) atoms. The second kappa shape index (κ2) is 9.09. The number of Topliss-reactive ketones (excluding diaryl/α,β-unsaturated/α-hetero) is 1. The van der Waals surface area contributed by atoms with E-state index in [2.05, 4.69) is 0 Å². The summed E-state index contributed by atoms with van der Waals surface area (Å²) in [7, 11) is 0. The van der Waals surface area contributed by atoms with E-state index in [0.29, 0.717) is 0 Å². The molecule has 12 nitrogen and oxygen atoms in total. The van der Waals surface area contributed by atoms with Crippen LogP contribution in [0.25, 0.3) is 0 Å². The zero-order chi connectivity index (χ0) is 30.6. The minimum absolute atomic E-state index is 0.0516. The first-order valence-electron chi connectivity index (χ1n) is 13.9. The van der Waals surface area contributed by atoms with E-state index in [-0.39, 0.29) is 29.7 Å². The van der Waals surface area contributed by atoms with Crippen LogP contribution >= 0.6 is 0 Å². The molecular formula is C30H34O12. The van der Waals surface area contributed by atoms with Crippen molar-refractivity contribution in [2.75, 3.05) is 6.61 Å². The topological polar surface area (TPSA) is 175 Å². The summed E-state index contributed by atoms with van der Waals surface area (Å²) < 4.78 is 29.5. The van der Waals surface area contributed by atoms with Crippen LogP contribution in [0.15, 0.2) is 41.5 Å². The van der Waals surface area contributed by atoms with Gasteiger partial charge in [-0.2, -0.15) is 0 Å². The fraction of sp³-hybridized carbons (Fsp3) is 0.600. The van der Waals surface area contributed by atoms with Gasteiger partial charge >= 0.3 is 18.1 Å². The third-order valence-electron chi connectivity index (χ3n) is 10.4. The number of aliphatic hydroxyl groups excluding tert-OH is 3. The number of rotatable bonds is 3. The van der Waals surface area contributed by atoms with Crippen LogP contribution in [0.3, 0.4) is 0 Å². The molecule has 2 aliphatic heterocycles. The van der Waals surface area contributed by atoms with E-state index < -0.39 is 88.5 Å². The molecule has 0 unspecified atom stereocenters. The van der Waals surface area contributed by atoms with Gasteiger partial charge in [0.15, 0.2) is 23.6 Å². The summed E-state index contributed by atoms with van der Waals surface area (Å²) in [4.78, 5) is 53.9. The van der Waals surface area contributed by atoms with Gasteiger partial charge in [-0.05, 0) is 37.1 Å². The Labute approximate surface area is 241 Å². The Morgan fingerprint density at radius 1 is 1.05 bits per heavy atom. The Kier molecular flexibility index (Phi) is 6.23. The zero-order valence-corrected chi connectivity index (χ0v) is 23.9. The molecule has 6 rings (SSSR count). The van der Waals surface area contributed by atoms with Gasteiger partial charge in [-0.3, -0.25) is 9.59 Å². The molecule has 3 aliphatic carbocycles. The Hall–Kier alpha value is -3.32. The molecule has 0 aromatic heterocycles. The van der Waals surface area contributed by atoms with Crippen molar-refractivity contribution in [2.45, 2.75) is 88.9 Å². The van der Waals surface area contributed by atoms with Crippen molar-refractivity contribution in [1.82, 2.24) is 0 Å². The summed E-state index contributed by atoms with van der Waals surface area (Å²) in [5, 5.41) is 34.9. The largest absolute Gasteiger partial charge is 0.509 e. The summed E-state index contributed by atoms with van der Waals surface area (Å²) >= 11 is 0. The van der Waals surface area contributed by atoms with Gasteiger partial charge in [0.05, 0.1) is 29.6 Å². The molecule has 226 valence electrons. The van der Waals surface area contributed by atoms with Crippen LogP contribution < -0.4 is 0 Å². The van der Waals surface area contributed by atoms with Gasteiger partial charge in [-0.15, -0.1) is 0 Å². The van der Waals surface area contributed by atoms with Crippen molar-refractivity contribution < 1.29 is 58.2 Å². The molecule has 2 heterocycles. The lowest BCUT2D eigenvalue weighted by Gasteiger charge is -2.67. The van der Waals surface area contributed by atoms with Crippen LogP contribution in [0.5, 0.6) is 0 Å². The molecule has 0 radical (unpaired) electrons. The van der Waals surface area contributed by atoms with Crippen LogP contribution in [-0.4, -0.2) is 93.6 Å². The maximum atomic E-state index is 14.5. The van der Waals surface area contributed by atoms with Crippen LogP contribution in [0, 0.1) is 16.7 Å². The van der Waals surface area contributed by atoms with Crippen LogP contribution in [0.2, 0.25) is 0 Å². The van der Waals surface area contributed by atoms with E-state index in [1.165, 1.54) is 32.9 Å². The molecule has 1 aromatic rings. The smallest absolute Gasteiger partial charge is 0.454 e. The maximum absolute atomic E-state index is 14.5. The van der Waals surface area contributed by atoms with E-state index >= 15 is 0 Å². The summed E-state index contributed by atoms with van der Waals surface area (Å²) in [5.74, 6) is -3.83. The summed E-state index contributed by atoms with van der Waals surface area (Å²) in [5.41, 5.74) is -6.75. The normalized spacial score (nSPS) is 43.3. The highest BCUT2D eigenvalue weighted by Gasteiger charge is 2.82. The van der Waals surface area contributed by atoms with Crippen molar-refractivity contribution >= 4 is 23.9 Å². The number of aliphatic hydroxyl groups is 3. The van der Waals surface area contributed by atoms with Gasteiger partial charge in [0.1, 0.15) is 18.3 Å². The number of carbonyl (C=O) groups is 4. The molecule has 4 fully saturated rings. The van der Waals surface area contributed by atoms with Gasteiger partial charge < -0.3 is 39.0 Å². The molecule has 10 atom stereocenters. The minimum atomic E-state index is -2.05. The first-order chi connectivity index (χ1) is 19.6. The Balaban J connectivity index is 1.70. The fourth-order valence-corrected chi connectivity index (χ4v) is 8.40. The lowest BCUT2D eigenvalue weighted by Crippen LogP contribution is -2.83. The lowest BCUT2D eigenvalue weighted by molar-refractivity contribution is -0.345. The van der Waals surface area contributed by atoms with E-state index in [0.717, 1.165) is 0 Å². The molecule has 1 aromatic carbocycles. The number of ether oxygens (including phenoxy) is 5. The molecule has 12 heteroatoms. The monoisotopic (exact) mass is 586 g/mol. The van der Waals surface area contributed by atoms with E-state index in [9.17, 15) is 34.5 Å².